The highest BCUT2D eigenvalue weighted by atomic mass is 32.2. The molecular formula is C27H24F2N4O4S. The minimum atomic E-state index is -1.02. The van der Waals surface area contributed by atoms with Gasteiger partial charge in [-0.15, -0.1) is 11.8 Å². The van der Waals surface area contributed by atoms with Gasteiger partial charge in [-0.1, -0.05) is 19.9 Å². The zero-order chi connectivity index (χ0) is 26.7. The van der Waals surface area contributed by atoms with Gasteiger partial charge in [0.15, 0.2) is 23.1 Å². The van der Waals surface area contributed by atoms with E-state index in [-0.39, 0.29) is 42.0 Å². The van der Waals surface area contributed by atoms with Crippen molar-refractivity contribution in [1.82, 2.24) is 14.6 Å². The molecule has 2 atom stereocenters. The molecule has 3 aliphatic rings. The second-order valence-electron chi connectivity index (χ2n) is 9.69. The summed E-state index contributed by atoms with van der Waals surface area (Å²) in [5, 5.41) is 12.6. The van der Waals surface area contributed by atoms with Crippen molar-refractivity contribution in [1.29, 1.82) is 0 Å². The van der Waals surface area contributed by atoms with Crippen LogP contribution in [0.15, 0.2) is 58.5 Å². The first kappa shape index (κ1) is 24.5. The van der Waals surface area contributed by atoms with Crippen LogP contribution in [0.3, 0.4) is 0 Å². The van der Waals surface area contributed by atoms with Gasteiger partial charge in [0.1, 0.15) is 25.1 Å². The maximum absolute atomic E-state index is 15.4. The Morgan fingerprint density at radius 1 is 1.24 bits per heavy atom. The summed E-state index contributed by atoms with van der Waals surface area (Å²) >= 11 is 1.33. The van der Waals surface area contributed by atoms with E-state index in [1.807, 2.05) is 26.0 Å². The molecule has 5 heterocycles. The standard InChI is InChI=1S/C27H24F2N4O4S/c1-14(2)17-5-4-10-37-19-11-16(28)22(29)15-12-38-20-6-3-8-30-23(20)24(21(15)19)33-13-31(17)27(36)25-26(35)18(34)7-9-32(25)33/h3-9,11,14,17,24,35H,10,12-13H2,1-2H3/b5-4+/t17-,24-/m0/s1. The lowest BCUT2D eigenvalue weighted by Gasteiger charge is -2.46. The molecule has 2 aromatic heterocycles. The average molecular weight is 539 g/mol. The second kappa shape index (κ2) is 9.16. The minimum Gasteiger partial charge on any atom is -0.502 e. The van der Waals surface area contributed by atoms with Crippen LogP contribution in [0.5, 0.6) is 11.5 Å². The number of amides is 1. The molecule has 0 saturated carbocycles. The number of thioether (sulfide) groups is 1. The molecule has 1 amide bonds. The molecule has 196 valence electrons. The van der Waals surface area contributed by atoms with Gasteiger partial charge in [-0.25, -0.2) is 8.78 Å². The fraction of sp³-hybridized carbons (Fsp3) is 0.296. The largest absolute Gasteiger partial charge is 0.502 e. The van der Waals surface area contributed by atoms with Crippen LogP contribution in [-0.2, 0) is 5.75 Å². The molecular weight excluding hydrogens is 514 g/mol. The lowest BCUT2D eigenvalue weighted by Crippen LogP contribution is -2.59. The van der Waals surface area contributed by atoms with Crippen molar-refractivity contribution in [2.75, 3.05) is 18.3 Å². The molecule has 0 spiro atoms. The van der Waals surface area contributed by atoms with Crippen LogP contribution in [-0.4, -0.2) is 44.9 Å². The van der Waals surface area contributed by atoms with E-state index in [9.17, 15) is 19.1 Å². The SMILES string of the molecule is CC(C)[C@@H]1/C=C/COc2cc(F)c(F)c3c2[C@@H](c2ncccc2SC3)N2CN1C(=O)c1c(O)c(=O)ccn12. The van der Waals surface area contributed by atoms with Crippen molar-refractivity contribution in [3.05, 3.63) is 93.2 Å². The molecule has 8 nitrogen and oxygen atoms in total. The molecule has 0 fully saturated rings. The summed E-state index contributed by atoms with van der Waals surface area (Å²) in [5.74, 6) is -2.94. The first-order valence-corrected chi connectivity index (χ1v) is 13.2. The van der Waals surface area contributed by atoms with E-state index in [2.05, 4.69) is 4.98 Å². The molecule has 0 saturated heterocycles. The highest BCUT2D eigenvalue weighted by Crippen LogP contribution is 2.47. The highest BCUT2D eigenvalue weighted by molar-refractivity contribution is 7.98. The number of carbonyl (C=O) groups excluding carboxylic acids is 1. The summed E-state index contributed by atoms with van der Waals surface area (Å²) in [4.78, 5) is 33.2. The smallest absolute Gasteiger partial charge is 0.278 e. The Kier molecular flexibility index (Phi) is 5.90. The van der Waals surface area contributed by atoms with Crippen molar-refractivity contribution in [3.63, 3.8) is 0 Å². The number of ether oxygens (including phenoxy) is 1. The quantitative estimate of drug-likeness (QED) is 0.470. The lowest BCUT2D eigenvalue weighted by atomic mass is 9.95. The zero-order valence-electron chi connectivity index (χ0n) is 20.6. The Balaban J connectivity index is 1.72. The van der Waals surface area contributed by atoms with Gasteiger partial charge in [0, 0.05) is 46.3 Å². The normalized spacial score (nSPS) is 21.0. The molecule has 3 aliphatic heterocycles. The Morgan fingerprint density at radius 3 is 2.84 bits per heavy atom. The molecule has 3 aromatic rings. The first-order chi connectivity index (χ1) is 18.3. The maximum atomic E-state index is 15.4. The van der Waals surface area contributed by atoms with E-state index in [0.29, 0.717) is 11.3 Å². The molecule has 11 heteroatoms. The lowest BCUT2D eigenvalue weighted by molar-refractivity contribution is 0.0587. The topological polar surface area (TPSA) is 87.9 Å². The fourth-order valence-electron chi connectivity index (χ4n) is 5.34. The van der Waals surface area contributed by atoms with E-state index in [1.165, 1.54) is 28.7 Å². The minimum absolute atomic E-state index is 0.0184. The molecule has 2 bridgehead atoms. The molecule has 38 heavy (non-hydrogen) atoms. The van der Waals surface area contributed by atoms with Crippen molar-refractivity contribution >= 4 is 17.7 Å². The third-order valence-corrected chi connectivity index (χ3v) is 8.22. The van der Waals surface area contributed by atoms with Crippen molar-refractivity contribution in [2.45, 2.75) is 36.6 Å². The molecule has 1 N–H and O–H groups in total. The Bertz CT molecular complexity index is 1560. The summed E-state index contributed by atoms with van der Waals surface area (Å²) in [6.07, 6.45) is 6.59. The fourth-order valence-corrected chi connectivity index (χ4v) is 6.41. The number of carbonyl (C=O) groups is 1. The van der Waals surface area contributed by atoms with Crippen molar-refractivity contribution < 1.29 is 23.4 Å². The van der Waals surface area contributed by atoms with Gasteiger partial charge in [0.2, 0.25) is 5.43 Å². The Morgan fingerprint density at radius 2 is 2.05 bits per heavy atom. The van der Waals surface area contributed by atoms with Gasteiger partial charge in [-0.3, -0.25) is 24.3 Å². The Hall–Kier alpha value is -3.86. The third-order valence-electron chi connectivity index (χ3n) is 7.13. The third kappa shape index (κ3) is 3.67. The van der Waals surface area contributed by atoms with Crippen LogP contribution < -0.4 is 15.2 Å². The predicted octanol–water partition coefficient (Wildman–Crippen LogP) is 3.95. The van der Waals surface area contributed by atoms with Gasteiger partial charge >= 0.3 is 0 Å². The molecule has 1 aromatic carbocycles. The average Bonchev–Trinajstić information content (AvgIpc) is 3.08. The summed E-state index contributed by atoms with van der Waals surface area (Å²) in [6.45, 7) is 3.99. The molecule has 0 aliphatic carbocycles. The van der Waals surface area contributed by atoms with Crippen LogP contribution >= 0.6 is 11.8 Å². The number of rotatable bonds is 1. The van der Waals surface area contributed by atoms with Gasteiger partial charge < -0.3 is 14.7 Å². The number of fused-ring (bicyclic) bond motifs is 7. The monoisotopic (exact) mass is 538 g/mol. The number of hydrogen-bond donors (Lipinski definition) is 1. The van der Waals surface area contributed by atoms with Gasteiger partial charge in [0.05, 0.1) is 11.7 Å². The number of hydrogen-bond acceptors (Lipinski definition) is 7. The van der Waals surface area contributed by atoms with Crippen molar-refractivity contribution in [2.24, 2.45) is 5.92 Å². The summed E-state index contributed by atoms with van der Waals surface area (Å²) in [7, 11) is 0. The molecule has 0 radical (unpaired) electrons. The van der Waals surface area contributed by atoms with E-state index < -0.39 is 40.8 Å². The number of aromatic nitrogens is 2. The van der Waals surface area contributed by atoms with Crippen LogP contribution in [0, 0.1) is 17.6 Å². The Labute approximate surface area is 221 Å². The summed E-state index contributed by atoms with van der Waals surface area (Å²) in [6, 6.07) is 4.57. The molecule has 6 rings (SSSR count). The van der Waals surface area contributed by atoms with E-state index in [4.69, 9.17) is 4.74 Å². The van der Waals surface area contributed by atoms with E-state index in [0.717, 1.165) is 11.0 Å². The number of halogens is 2. The number of nitrogens with zero attached hydrogens (tertiary/aromatic N) is 4. The van der Waals surface area contributed by atoms with Crippen LogP contribution in [0.25, 0.3) is 0 Å². The predicted molar refractivity (Wildman–Crippen MR) is 137 cm³/mol. The molecule has 0 unspecified atom stereocenters. The van der Waals surface area contributed by atoms with E-state index >= 15 is 4.39 Å². The zero-order valence-corrected chi connectivity index (χ0v) is 21.4. The number of benzene rings is 1. The first-order valence-electron chi connectivity index (χ1n) is 12.2. The van der Waals surface area contributed by atoms with Crippen LogP contribution in [0.1, 0.15) is 47.2 Å². The van der Waals surface area contributed by atoms with Gasteiger partial charge in [0.25, 0.3) is 5.91 Å². The maximum Gasteiger partial charge on any atom is 0.278 e. The number of pyridine rings is 2. The van der Waals surface area contributed by atoms with Crippen LogP contribution in [0.4, 0.5) is 8.78 Å². The van der Waals surface area contributed by atoms with Crippen molar-refractivity contribution in [3.8, 4) is 11.5 Å². The number of aromatic hydroxyl groups is 1. The van der Waals surface area contributed by atoms with Gasteiger partial charge in [-0.05, 0) is 24.1 Å². The highest BCUT2D eigenvalue weighted by Gasteiger charge is 2.43. The summed E-state index contributed by atoms with van der Waals surface area (Å²) < 4.78 is 37.7. The summed E-state index contributed by atoms with van der Waals surface area (Å²) in [5.41, 5.74) is 0.164. The second-order valence-corrected chi connectivity index (χ2v) is 10.7. The van der Waals surface area contributed by atoms with Gasteiger partial charge in [-0.2, -0.15) is 0 Å². The van der Waals surface area contributed by atoms with Crippen LogP contribution in [0.2, 0.25) is 0 Å². The van der Waals surface area contributed by atoms with E-state index in [1.54, 1.807) is 28.2 Å².